The molecule has 0 saturated carbocycles. The highest BCUT2D eigenvalue weighted by Gasteiger charge is 2.50. The Hall–Kier alpha value is -3.29. The molecule has 1 fully saturated rings. The fourth-order valence-corrected chi connectivity index (χ4v) is 2.97. The van der Waals surface area contributed by atoms with Gasteiger partial charge in [-0.05, 0) is 49.7 Å². The number of benzene rings is 2. The number of rotatable bonds is 4. The van der Waals surface area contributed by atoms with Gasteiger partial charge in [-0.25, -0.2) is 13.6 Å². The zero-order chi connectivity index (χ0) is 19.8. The molecule has 1 unspecified atom stereocenters. The highest BCUT2D eigenvalue weighted by molar-refractivity contribution is 6.10. The molecule has 0 bridgehead atoms. The van der Waals surface area contributed by atoms with Crippen molar-refractivity contribution in [2.45, 2.75) is 19.4 Å². The van der Waals surface area contributed by atoms with E-state index in [4.69, 9.17) is 0 Å². The molecule has 1 heterocycles. The van der Waals surface area contributed by atoms with Crippen LogP contribution in [0.3, 0.4) is 0 Å². The number of aryl methyl sites for hydroxylation is 1. The van der Waals surface area contributed by atoms with E-state index in [9.17, 15) is 23.2 Å². The SMILES string of the molecule is Cc1cccc(NC(=O)CN2C(=O)NC(C)(c3cc(F)ccc3F)C2=O)c1. The summed E-state index contributed by atoms with van der Waals surface area (Å²) in [6.07, 6.45) is 0. The Balaban J connectivity index is 1.79. The number of anilines is 1. The van der Waals surface area contributed by atoms with Crippen molar-refractivity contribution < 1.29 is 23.2 Å². The van der Waals surface area contributed by atoms with Crippen molar-refractivity contribution in [3.05, 3.63) is 65.2 Å². The second kappa shape index (κ2) is 6.79. The molecule has 0 spiro atoms. The maximum absolute atomic E-state index is 14.1. The molecule has 4 amide bonds. The number of hydrogen-bond donors (Lipinski definition) is 2. The molecule has 3 rings (SSSR count). The summed E-state index contributed by atoms with van der Waals surface area (Å²) >= 11 is 0. The summed E-state index contributed by atoms with van der Waals surface area (Å²) in [6.45, 7) is 2.57. The van der Waals surface area contributed by atoms with E-state index in [0.29, 0.717) is 10.6 Å². The molecule has 0 aliphatic carbocycles. The minimum absolute atomic E-state index is 0.303. The minimum Gasteiger partial charge on any atom is -0.325 e. The van der Waals surface area contributed by atoms with E-state index in [1.165, 1.54) is 6.92 Å². The lowest BCUT2D eigenvalue weighted by Crippen LogP contribution is -2.42. The molecule has 6 nitrogen and oxygen atoms in total. The van der Waals surface area contributed by atoms with E-state index >= 15 is 0 Å². The Morgan fingerprint density at radius 3 is 2.63 bits per heavy atom. The number of amides is 4. The summed E-state index contributed by atoms with van der Waals surface area (Å²) in [7, 11) is 0. The predicted molar refractivity (Wildman–Crippen MR) is 93.8 cm³/mol. The number of urea groups is 1. The summed E-state index contributed by atoms with van der Waals surface area (Å²) in [5.41, 5.74) is -0.655. The highest BCUT2D eigenvalue weighted by atomic mass is 19.1. The van der Waals surface area contributed by atoms with Gasteiger partial charge in [0.25, 0.3) is 5.91 Å². The second-order valence-electron chi connectivity index (χ2n) is 6.49. The van der Waals surface area contributed by atoms with Crippen LogP contribution in [0.5, 0.6) is 0 Å². The molecule has 27 heavy (non-hydrogen) atoms. The van der Waals surface area contributed by atoms with E-state index in [1.807, 2.05) is 13.0 Å². The third kappa shape index (κ3) is 3.51. The molecular formula is C19H17F2N3O3. The fourth-order valence-electron chi connectivity index (χ4n) is 2.97. The van der Waals surface area contributed by atoms with Crippen molar-refractivity contribution in [1.82, 2.24) is 10.2 Å². The van der Waals surface area contributed by atoms with E-state index in [1.54, 1.807) is 18.2 Å². The van der Waals surface area contributed by atoms with Gasteiger partial charge in [-0.15, -0.1) is 0 Å². The van der Waals surface area contributed by atoms with Gasteiger partial charge in [0.2, 0.25) is 5.91 Å². The average molecular weight is 373 g/mol. The number of carbonyl (C=O) groups is 3. The maximum Gasteiger partial charge on any atom is 0.325 e. The van der Waals surface area contributed by atoms with Crippen LogP contribution in [0.2, 0.25) is 0 Å². The molecule has 8 heteroatoms. The summed E-state index contributed by atoms with van der Waals surface area (Å²) in [5, 5.41) is 4.94. The molecule has 140 valence electrons. The number of nitrogens with one attached hydrogen (secondary N) is 2. The van der Waals surface area contributed by atoms with Gasteiger partial charge in [-0.3, -0.25) is 14.5 Å². The molecule has 2 N–H and O–H groups in total. The number of carbonyl (C=O) groups excluding carboxylic acids is 3. The summed E-state index contributed by atoms with van der Waals surface area (Å²) in [6, 6.07) is 8.79. The Bertz CT molecular complexity index is 948. The van der Waals surface area contributed by atoms with Crippen LogP contribution in [0.4, 0.5) is 19.3 Å². The Labute approximate surface area is 154 Å². The van der Waals surface area contributed by atoms with Crippen LogP contribution in [-0.4, -0.2) is 29.3 Å². The smallest absolute Gasteiger partial charge is 0.325 e. The van der Waals surface area contributed by atoms with Gasteiger partial charge in [0, 0.05) is 11.3 Å². The summed E-state index contributed by atoms with van der Waals surface area (Å²) in [5.74, 6) is -3.01. The minimum atomic E-state index is -1.80. The number of halogens is 2. The highest BCUT2D eigenvalue weighted by Crippen LogP contribution is 2.31. The van der Waals surface area contributed by atoms with E-state index in [0.717, 1.165) is 23.8 Å². The Morgan fingerprint density at radius 2 is 1.93 bits per heavy atom. The second-order valence-corrected chi connectivity index (χ2v) is 6.49. The van der Waals surface area contributed by atoms with Crippen molar-refractivity contribution in [2.24, 2.45) is 0 Å². The van der Waals surface area contributed by atoms with Crippen LogP contribution < -0.4 is 10.6 Å². The van der Waals surface area contributed by atoms with Crippen molar-refractivity contribution in [2.75, 3.05) is 11.9 Å². The fraction of sp³-hybridized carbons (Fsp3) is 0.211. The first-order chi connectivity index (χ1) is 12.7. The van der Waals surface area contributed by atoms with Gasteiger partial charge in [0.05, 0.1) is 0 Å². The molecular weight excluding hydrogens is 356 g/mol. The van der Waals surface area contributed by atoms with Crippen molar-refractivity contribution in [3.8, 4) is 0 Å². The van der Waals surface area contributed by atoms with Crippen LogP contribution in [0, 0.1) is 18.6 Å². The standard InChI is InChI=1S/C19H17F2N3O3/c1-11-4-3-5-13(8-11)22-16(25)10-24-17(26)19(2,23-18(24)27)14-9-12(20)6-7-15(14)21/h3-9H,10H2,1-2H3,(H,22,25)(H,23,27). The normalized spacial score (nSPS) is 19.2. The van der Waals surface area contributed by atoms with Gasteiger partial charge in [0.15, 0.2) is 0 Å². The molecule has 1 atom stereocenters. The summed E-state index contributed by atoms with van der Waals surface area (Å²) < 4.78 is 27.6. The van der Waals surface area contributed by atoms with Crippen LogP contribution in [-0.2, 0) is 15.1 Å². The zero-order valence-electron chi connectivity index (χ0n) is 14.7. The first-order valence-corrected chi connectivity index (χ1v) is 8.17. The van der Waals surface area contributed by atoms with Crippen molar-refractivity contribution >= 4 is 23.5 Å². The first kappa shape index (κ1) is 18.5. The molecule has 2 aromatic carbocycles. The summed E-state index contributed by atoms with van der Waals surface area (Å²) in [4.78, 5) is 37.8. The van der Waals surface area contributed by atoms with E-state index in [-0.39, 0.29) is 5.56 Å². The number of hydrogen-bond acceptors (Lipinski definition) is 3. The van der Waals surface area contributed by atoms with Crippen LogP contribution in [0.25, 0.3) is 0 Å². The third-order valence-electron chi connectivity index (χ3n) is 4.35. The molecule has 1 saturated heterocycles. The predicted octanol–water partition coefficient (Wildman–Crippen LogP) is 2.68. The lowest BCUT2D eigenvalue weighted by atomic mass is 9.91. The van der Waals surface area contributed by atoms with Gasteiger partial charge in [0.1, 0.15) is 23.7 Å². The zero-order valence-corrected chi connectivity index (χ0v) is 14.7. The van der Waals surface area contributed by atoms with E-state index in [2.05, 4.69) is 10.6 Å². The molecule has 2 aromatic rings. The largest absolute Gasteiger partial charge is 0.325 e. The van der Waals surface area contributed by atoms with Gasteiger partial charge >= 0.3 is 6.03 Å². The molecule has 1 aliphatic heterocycles. The average Bonchev–Trinajstić information content (AvgIpc) is 2.81. The number of imide groups is 1. The van der Waals surface area contributed by atoms with Crippen LogP contribution in [0.1, 0.15) is 18.1 Å². The van der Waals surface area contributed by atoms with Crippen molar-refractivity contribution in [1.29, 1.82) is 0 Å². The Kier molecular flexibility index (Phi) is 4.65. The topological polar surface area (TPSA) is 78.5 Å². The van der Waals surface area contributed by atoms with Gasteiger partial charge in [-0.2, -0.15) is 0 Å². The molecule has 0 aromatic heterocycles. The maximum atomic E-state index is 14.1. The first-order valence-electron chi connectivity index (χ1n) is 8.17. The molecule has 0 radical (unpaired) electrons. The Morgan fingerprint density at radius 1 is 1.19 bits per heavy atom. The van der Waals surface area contributed by atoms with Crippen LogP contribution >= 0.6 is 0 Å². The lowest BCUT2D eigenvalue weighted by Gasteiger charge is -2.22. The quantitative estimate of drug-likeness (QED) is 0.809. The van der Waals surface area contributed by atoms with Crippen LogP contribution in [0.15, 0.2) is 42.5 Å². The van der Waals surface area contributed by atoms with Gasteiger partial charge in [-0.1, -0.05) is 12.1 Å². The lowest BCUT2D eigenvalue weighted by molar-refractivity contribution is -0.133. The van der Waals surface area contributed by atoms with Gasteiger partial charge < -0.3 is 10.6 Å². The third-order valence-corrected chi connectivity index (χ3v) is 4.35. The molecule has 1 aliphatic rings. The van der Waals surface area contributed by atoms with Crippen molar-refractivity contribution in [3.63, 3.8) is 0 Å². The number of nitrogens with zero attached hydrogens (tertiary/aromatic N) is 1. The monoisotopic (exact) mass is 373 g/mol. The van der Waals surface area contributed by atoms with E-state index < -0.39 is 41.6 Å².